The molecule has 1 aromatic rings. The van der Waals surface area contributed by atoms with Crippen LogP contribution in [-0.4, -0.2) is 41.8 Å². The van der Waals surface area contributed by atoms with E-state index in [1.54, 1.807) is 33.1 Å². The monoisotopic (exact) mass is 335 g/mol. The Hall–Kier alpha value is -1.19. The Morgan fingerprint density at radius 1 is 1.38 bits per heavy atom. The minimum absolute atomic E-state index is 0.0153. The second kappa shape index (κ2) is 5.90. The van der Waals surface area contributed by atoms with Crippen molar-refractivity contribution in [3.63, 3.8) is 0 Å². The quantitative estimate of drug-likeness (QED) is 0.710. The lowest BCUT2D eigenvalue weighted by molar-refractivity contribution is -0.125. The van der Waals surface area contributed by atoms with Gasteiger partial charge >= 0.3 is 0 Å². The molecule has 0 radical (unpaired) electrons. The number of carbonyl (C=O) groups excluding carboxylic acids is 1. The summed E-state index contributed by atoms with van der Waals surface area (Å²) in [6.45, 7) is 6.68. The van der Waals surface area contributed by atoms with Crippen molar-refractivity contribution >= 4 is 32.4 Å². The first kappa shape index (κ1) is 17.9. The summed E-state index contributed by atoms with van der Waals surface area (Å²) < 4.78 is 24.4. The van der Waals surface area contributed by atoms with Gasteiger partial charge in [-0.15, -0.1) is 11.3 Å². The fraction of sp³-hybridized carbons (Fsp3) is 0.667. The average molecular weight is 335 g/mol. The number of aromatic nitrogens is 1. The van der Waals surface area contributed by atoms with Crippen LogP contribution < -0.4 is 10.0 Å². The number of hydrogen-bond donors (Lipinski definition) is 3. The van der Waals surface area contributed by atoms with Crippen LogP contribution in [0, 0.1) is 0 Å². The molecule has 9 heteroatoms. The van der Waals surface area contributed by atoms with E-state index in [0.717, 1.165) is 17.6 Å². The number of carbonyl (C=O) groups is 1. The highest BCUT2D eigenvalue weighted by Crippen LogP contribution is 2.21. The Bertz CT molecular complexity index is 615. The lowest BCUT2D eigenvalue weighted by Gasteiger charge is -2.37. The Morgan fingerprint density at radius 3 is 2.43 bits per heavy atom. The standard InChI is InChI=1S/C12H21N3O4S2/c1-11(2,12(3,4)17)14-9(16)6-8-7-20-10(13-8)15-21(5,18)19/h7,17H,6H2,1-5H3,(H,13,15)(H,14,16). The smallest absolute Gasteiger partial charge is 0.231 e. The van der Waals surface area contributed by atoms with Gasteiger partial charge in [0.1, 0.15) is 0 Å². The van der Waals surface area contributed by atoms with Crippen LogP contribution >= 0.6 is 11.3 Å². The number of thiazole rings is 1. The van der Waals surface area contributed by atoms with Crippen LogP contribution in [0.1, 0.15) is 33.4 Å². The maximum atomic E-state index is 12.0. The van der Waals surface area contributed by atoms with Gasteiger partial charge in [-0.1, -0.05) is 0 Å². The molecule has 0 saturated carbocycles. The number of hydrogen-bond acceptors (Lipinski definition) is 6. The Labute approximate surface area is 128 Å². The van der Waals surface area contributed by atoms with Crippen LogP contribution in [-0.2, 0) is 21.2 Å². The molecule has 1 amide bonds. The second-order valence-corrected chi connectivity index (χ2v) is 8.53. The summed E-state index contributed by atoms with van der Waals surface area (Å²) in [6.07, 6.45) is 1.05. The molecule has 0 aliphatic carbocycles. The van der Waals surface area contributed by atoms with Crippen LogP contribution in [0.3, 0.4) is 0 Å². The van der Waals surface area contributed by atoms with Crippen LogP contribution in [0.2, 0.25) is 0 Å². The van der Waals surface area contributed by atoms with E-state index in [4.69, 9.17) is 0 Å². The topological polar surface area (TPSA) is 108 Å². The van der Waals surface area contributed by atoms with Crippen LogP contribution in [0.15, 0.2) is 5.38 Å². The van der Waals surface area contributed by atoms with Gasteiger partial charge in [0, 0.05) is 5.38 Å². The molecule has 7 nitrogen and oxygen atoms in total. The van der Waals surface area contributed by atoms with Crippen molar-refractivity contribution in [3.05, 3.63) is 11.1 Å². The van der Waals surface area contributed by atoms with Gasteiger partial charge in [0.05, 0.1) is 29.5 Å². The summed E-state index contributed by atoms with van der Waals surface area (Å²) in [6, 6.07) is 0. The highest BCUT2D eigenvalue weighted by Gasteiger charge is 2.36. The van der Waals surface area contributed by atoms with Gasteiger partial charge in [-0.25, -0.2) is 13.4 Å². The maximum absolute atomic E-state index is 12.0. The lowest BCUT2D eigenvalue weighted by atomic mass is 9.86. The molecule has 0 saturated heterocycles. The molecule has 1 rings (SSSR count). The zero-order valence-electron chi connectivity index (χ0n) is 12.7. The average Bonchev–Trinajstić information content (AvgIpc) is 2.59. The molecule has 0 atom stereocenters. The van der Waals surface area contributed by atoms with E-state index in [1.807, 2.05) is 0 Å². The van der Waals surface area contributed by atoms with E-state index in [9.17, 15) is 18.3 Å². The third-order valence-corrected chi connectivity index (χ3v) is 4.65. The number of nitrogens with one attached hydrogen (secondary N) is 2. The molecule has 3 N–H and O–H groups in total. The number of rotatable bonds is 6. The third-order valence-electron chi connectivity index (χ3n) is 3.15. The highest BCUT2D eigenvalue weighted by molar-refractivity contribution is 7.92. The van der Waals surface area contributed by atoms with E-state index in [2.05, 4.69) is 15.0 Å². The summed E-state index contributed by atoms with van der Waals surface area (Å²) in [5, 5.41) is 14.6. The molecule has 0 aromatic carbocycles. The van der Waals surface area contributed by atoms with Crippen molar-refractivity contribution in [1.29, 1.82) is 0 Å². The van der Waals surface area contributed by atoms with Crippen LogP contribution in [0.5, 0.6) is 0 Å². The Morgan fingerprint density at radius 2 is 1.95 bits per heavy atom. The van der Waals surface area contributed by atoms with Crippen molar-refractivity contribution in [2.45, 2.75) is 45.3 Å². The van der Waals surface area contributed by atoms with Crippen LogP contribution in [0.25, 0.3) is 0 Å². The summed E-state index contributed by atoms with van der Waals surface area (Å²) in [4.78, 5) is 16.0. The maximum Gasteiger partial charge on any atom is 0.231 e. The van der Waals surface area contributed by atoms with Gasteiger partial charge in [-0.05, 0) is 27.7 Å². The van der Waals surface area contributed by atoms with Crippen molar-refractivity contribution in [2.75, 3.05) is 11.0 Å². The molecule has 0 spiro atoms. The number of anilines is 1. The molecule has 0 fully saturated rings. The number of amides is 1. The molecular weight excluding hydrogens is 314 g/mol. The lowest BCUT2D eigenvalue weighted by Crippen LogP contribution is -2.58. The van der Waals surface area contributed by atoms with Crippen LogP contribution in [0.4, 0.5) is 5.13 Å². The number of aliphatic hydroxyl groups is 1. The van der Waals surface area contributed by atoms with E-state index in [1.165, 1.54) is 0 Å². The van der Waals surface area contributed by atoms with E-state index in [-0.39, 0.29) is 17.5 Å². The van der Waals surface area contributed by atoms with Gasteiger partial charge in [0.15, 0.2) is 5.13 Å². The molecule has 1 aromatic heterocycles. The zero-order chi connectivity index (χ0) is 16.5. The van der Waals surface area contributed by atoms with Gasteiger partial charge in [0.2, 0.25) is 15.9 Å². The Balaban J connectivity index is 2.68. The third kappa shape index (κ3) is 5.60. The normalized spacial score (nSPS) is 13.0. The molecule has 0 bridgehead atoms. The predicted molar refractivity (Wildman–Crippen MR) is 82.8 cm³/mol. The minimum Gasteiger partial charge on any atom is -0.388 e. The summed E-state index contributed by atoms with van der Waals surface area (Å²) in [5.41, 5.74) is -1.41. The van der Waals surface area contributed by atoms with Gasteiger partial charge in [-0.3, -0.25) is 9.52 Å². The Kier molecular flexibility index (Phi) is 5.01. The fourth-order valence-corrected chi connectivity index (χ4v) is 2.87. The van der Waals surface area contributed by atoms with Crippen molar-refractivity contribution < 1.29 is 18.3 Å². The van der Waals surface area contributed by atoms with E-state index in [0.29, 0.717) is 5.69 Å². The van der Waals surface area contributed by atoms with E-state index >= 15 is 0 Å². The predicted octanol–water partition coefficient (Wildman–Crippen LogP) is 0.723. The number of nitrogens with zero attached hydrogens (tertiary/aromatic N) is 1. The largest absolute Gasteiger partial charge is 0.388 e. The molecule has 0 aliphatic rings. The molecular formula is C12H21N3O4S2. The highest BCUT2D eigenvalue weighted by atomic mass is 32.2. The molecule has 120 valence electrons. The molecule has 21 heavy (non-hydrogen) atoms. The van der Waals surface area contributed by atoms with Crippen molar-refractivity contribution in [2.24, 2.45) is 0 Å². The fourth-order valence-electron chi connectivity index (χ4n) is 1.30. The molecule has 0 aliphatic heterocycles. The zero-order valence-corrected chi connectivity index (χ0v) is 14.4. The second-order valence-electron chi connectivity index (χ2n) is 5.93. The van der Waals surface area contributed by atoms with Crippen molar-refractivity contribution in [3.8, 4) is 0 Å². The van der Waals surface area contributed by atoms with Gasteiger partial charge in [0.25, 0.3) is 0 Å². The SMILES string of the molecule is CC(C)(O)C(C)(C)NC(=O)Cc1csc(NS(C)(=O)=O)n1. The minimum atomic E-state index is -3.38. The van der Waals surface area contributed by atoms with Gasteiger partial charge in [-0.2, -0.15) is 0 Å². The first-order valence-electron chi connectivity index (χ1n) is 6.26. The first-order valence-corrected chi connectivity index (χ1v) is 9.03. The van der Waals surface area contributed by atoms with E-state index < -0.39 is 21.2 Å². The summed E-state index contributed by atoms with van der Waals surface area (Å²) >= 11 is 1.11. The van der Waals surface area contributed by atoms with Gasteiger partial charge < -0.3 is 10.4 Å². The molecule has 0 unspecified atom stereocenters. The first-order chi connectivity index (χ1) is 9.30. The van der Waals surface area contributed by atoms with Crippen molar-refractivity contribution in [1.82, 2.24) is 10.3 Å². The number of sulfonamides is 1. The summed E-state index contributed by atoms with van der Waals surface area (Å²) in [7, 11) is -3.38. The molecule has 1 heterocycles. The summed E-state index contributed by atoms with van der Waals surface area (Å²) in [5.74, 6) is -0.293.